The molecule has 4 aliphatic rings. The predicted octanol–water partition coefficient (Wildman–Crippen LogP) is 3.43. The summed E-state index contributed by atoms with van der Waals surface area (Å²) < 4.78 is 16.1. The Balaban J connectivity index is 1.58. The van der Waals surface area contributed by atoms with Gasteiger partial charge in [0, 0.05) is 5.57 Å². The van der Waals surface area contributed by atoms with Crippen molar-refractivity contribution in [2.24, 2.45) is 29.6 Å². The van der Waals surface area contributed by atoms with Crippen molar-refractivity contribution in [3.05, 3.63) is 12.2 Å². The van der Waals surface area contributed by atoms with Crippen LogP contribution >= 0.6 is 0 Å². The van der Waals surface area contributed by atoms with Crippen LogP contribution in [-0.2, 0) is 28.6 Å². The van der Waals surface area contributed by atoms with Gasteiger partial charge in [0.15, 0.2) is 12.7 Å². The lowest BCUT2D eigenvalue weighted by Crippen LogP contribution is -2.62. The minimum absolute atomic E-state index is 0.194. The molecule has 0 aliphatic heterocycles. The van der Waals surface area contributed by atoms with E-state index in [4.69, 9.17) is 14.2 Å². The first-order chi connectivity index (χ1) is 13.1. The van der Waals surface area contributed by atoms with Crippen LogP contribution in [0.1, 0.15) is 59.8 Å². The summed E-state index contributed by atoms with van der Waals surface area (Å²) in [6, 6.07) is 0. The van der Waals surface area contributed by atoms with Crippen molar-refractivity contribution in [3.63, 3.8) is 0 Å². The fraction of sp³-hybridized carbons (Fsp3) is 0.773. The lowest BCUT2D eigenvalue weighted by atomic mass is 9.47. The van der Waals surface area contributed by atoms with Gasteiger partial charge >= 0.3 is 17.9 Å². The summed E-state index contributed by atoms with van der Waals surface area (Å²) in [6.07, 6.45) is 4.75. The quantitative estimate of drug-likeness (QED) is 0.375. The molecule has 4 fully saturated rings. The highest BCUT2D eigenvalue weighted by Gasteiger charge is 2.60. The van der Waals surface area contributed by atoms with Crippen LogP contribution in [-0.4, -0.2) is 36.2 Å². The number of esters is 3. The molecule has 28 heavy (non-hydrogen) atoms. The maximum atomic E-state index is 12.6. The third-order valence-corrected chi connectivity index (χ3v) is 6.90. The van der Waals surface area contributed by atoms with Crippen molar-refractivity contribution in [1.82, 2.24) is 0 Å². The molecule has 0 heterocycles. The number of ether oxygens (including phenoxy) is 3. The minimum Gasteiger partial charge on any atom is -0.456 e. The molecule has 0 aromatic rings. The second-order valence-electron chi connectivity index (χ2n) is 9.22. The monoisotopic (exact) mass is 392 g/mol. The minimum atomic E-state index is -1.10. The van der Waals surface area contributed by atoms with Crippen LogP contribution in [0.15, 0.2) is 12.2 Å². The fourth-order valence-electron chi connectivity index (χ4n) is 5.93. The van der Waals surface area contributed by atoms with E-state index in [1.807, 2.05) is 0 Å². The van der Waals surface area contributed by atoms with E-state index in [1.165, 1.54) is 20.3 Å². The van der Waals surface area contributed by atoms with Crippen molar-refractivity contribution >= 4 is 17.9 Å². The molecule has 0 aromatic heterocycles. The second kappa shape index (κ2) is 7.88. The average molecular weight is 392 g/mol. The molecular weight excluding hydrogens is 360 g/mol. The Kier molecular flexibility index (Phi) is 5.87. The van der Waals surface area contributed by atoms with Crippen LogP contribution in [0, 0.1) is 29.6 Å². The normalized spacial score (nSPS) is 34.0. The molecule has 4 saturated carbocycles. The standard InChI is InChI=1S/C22H32O6/c1-12(2)20(24)27-14(5)21(25)26-11-19(23)28-22(13(3)4)17-7-15-6-16(9-17)10-18(22)8-15/h13-18H,1,6-11H2,2-5H3. The van der Waals surface area contributed by atoms with Gasteiger partial charge < -0.3 is 14.2 Å². The van der Waals surface area contributed by atoms with Gasteiger partial charge in [0.2, 0.25) is 0 Å². The van der Waals surface area contributed by atoms with Gasteiger partial charge in [0.05, 0.1) is 0 Å². The van der Waals surface area contributed by atoms with Crippen molar-refractivity contribution in [1.29, 1.82) is 0 Å². The lowest BCUT2D eigenvalue weighted by molar-refractivity contribution is -0.228. The van der Waals surface area contributed by atoms with Crippen LogP contribution in [0.4, 0.5) is 0 Å². The van der Waals surface area contributed by atoms with Crippen molar-refractivity contribution in [2.45, 2.75) is 71.5 Å². The van der Waals surface area contributed by atoms with Gasteiger partial charge in [-0.2, -0.15) is 0 Å². The zero-order chi connectivity index (χ0) is 20.6. The summed E-state index contributed by atoms with van der Waals surface area (Å²) >= 11 is 0. The molecule has 6 nitrogen and oxygen atoms in total. The van der Waals surface area contributed by atoms with Gasteiger partial charge in [0.1, 0.15) is 5.60 Å². The molecule has 4 rings (SSSR count). The smallest absolute Gasteiger partial charge is 0.347 e. The van der Waals surface area contributed by atoms with Crippen molar-refractivity contribution < 1.29 is 28.6 Å². The van der Waals surface area contributed by atoms with Crippen LogP contribution in [0.5, 0.6) is 0 Å². The Labute approximate surface area is 167 Å². The van der Waals surface area contributed by atoms with E-state index < -0.39 is 36.2 Å². The highest BCUT2D eigenvalue weighted by atomic mass is 16.6. The first-order valence-corrected chi connectivity index (χ1v) is 10.4. The Morgan fingerprint density at radius 3 is 2.00 bits per heavy atom. The molecule has 4 bridgehead atoms. The van der Waals surface area contributed by atoms with Crippen LogP contribution in [0.2, 0.25) is 0 Å². The fourth-order valence-corrected chi connectivity index (χ4v) is 5.93. The summed E-state index contributed by atoms with van der Waals surface area (Å²) in [7, 11) is 0. The van der Waals surface area contributed by atoms with E-state index in [1.54, 1.807) is 0 Å². The van der Waals surface area contributed by atoms with Crippen LogP contribution < -0.4 is 0 Å². The first kappa shape index (κ1) is 20.9. The highest BCUT2D eigenvalue weighted by molar-refractivity contribution is 5.89. The van der Waals surface area contributed by atoms with Crippen molar-refractivity contribution in [3.8, 4) is 0 Å². The third kappa shape index (κ3) is 3.83. The molecule has 1 unspecified atom stereocenters. The molecule has 0 spiro atoms. The summed E-state index contributed by atoms with van der Waals surface area (Å²) in [5.74, 6) is 0.613. The summed E-state index contributed by atoms with van der Waals surface area (Å²) in [5, 5.41) is 0. The Morgan fingerprint density at radius 2 is 1.54 bits per heavy atom. The molecular formula is C22H32O6. The molecule has 156 valence electrons. The highest BCUT2D eigenvalue weighted by Crippen LogP contribution is 2.61. The zero-order valence-corrected chi connectivity index (χ0v) is 17.4. The zero-order valence-electron chi connectivity index (χ0n) is 17.4. The summed E-state index contributed by atoms with van der Waals surface area (Å²) in [4.78, 5) is 36.1. The van der Waals surface area contributed by atoms with Gasteiger partial charge in [-0.15, -0.1) is 0 Å². The molecule has 4 aliphatic carbocycles. The van der Waals surface area contributed by atoms with Gasteiger partial charge in [-0.25, -0.2) is 14.4 Å². The number of hydrogen-bond donors (Lipinski definition) is 0. The van der Waals surface area contributed by atoms with E-state index in [0.717, 1.165) is 37.5 Å². The third-order valence-electron chi connectivity index (χ3n) is 6.90. The Morgan fingerprint density at radius 1 is 1.00 bits per heavy atom. The molecule has 0 amide bonds. The molecule has 0 N–H and O–H groups in total. The van der Waals surface area contributed by atoms with Gasteiger partial charge in [-0.1, -0.05) is 20.4 Å². The van der Waals surface area contributed by atoms with Crippen LogP contribution in [0.25, 0.3) is 0 Å². The Hall–Kier alpha value is -1.85. The maximum Gasteiger partial charge on any atom is 0.347 e. The first-order valence-electron chi connectivity index (χ1n) is 10.4. The maximum absolute atomic E-state index is 12.6. The molecule has 0 saturated heterocycles. The van der Waals surface area contributed by atoms with E-state index in [0.29, 0.717) is 11.8 Å². The molecule has 6 heteroatoms. The average Bonchev–Trinajstić information content (AvgIpc) is 2.61. The van der Waals surface area contributed by atoms with E-state index >= 15 is 0 Å². The molecule has 0 aromatic carbocycles. The summed E-state index contributed by atoms with van der Waals surface area (Å²) in [5.41, 5.74) is -0.255. The number of hydrogen-bond acceptors (Lipinski definition) is 6. The van der Waals surface area contributed by atoms with Crippen LogP contribution in [0.3, 0.4) is 0 Å². The number of carbonyl (C=O) groups excluding carboxylic acids is 3. The predicted molar refractivity (Wildman–Crippen MR) is 102 cm³/mol. The van der Waals surface area contributed by atoms with E-state index in [2.05, 4.69) is 20.4 Å². The van der Waals surface area contributed by atoms with E-state index in [-0.39, 0.29) is 11.5 Å². The van der Waals surface area contributed by atoms with Crippen molar-refractivity contribution in [2.75, 3.05) is 6.61 Å². The van der Waals surface area contributed by atoms with Gasteiger partial charge in [-0.3, -0.25) is 0 Å². The lowest BCUT2D eigenvalue weighted by Gasteiger charge is -2.61. The van der Waals surface area contributed by atoms with Gasteiger partial charge in [-0.05, 0) is 75.5 Å². The molecule has 0 radical (unpaired) electrons. The number of carbonyl (C=O) groups is 3. The summed E-state index contributed by atoms with van der Waals surface area (Å²) in [6.45, 7) is 10.2. The SMILES string of the molecule is C=C(C)C(=O)OC(C)C(=O)OCC(=O)OC1(C(C)C)C2CC3CC(C2)CC1C3. The Bertz CT molecular complexity index is 636. The number of rotatable bonds is 7. The molecule has 1 atom stereocenters. The van der Waals surface area contributed by atoms with Gasteiger partial charge in [0.25, 0.3) is 0 Å². The topological polar surface area (TPSA) is 78.9 Å². The van der Waals surface area contributed by atoms with E-state index in [9.17, 15) is 14.4 Å². The second-order valence-corrected chi connectivity index (χ2v) is 9.22. The largest absolute Gasteiger partial charge is 0.456 e.